The first kappa shape index (κ1) is 25.4. The third-order valence-electron chi connectivity index (χ3n) is 2.73. The van der Waals surface area contributed by atoms with E-state index in [-0.39, 0.29) is 67.9 Å². The van der Waals surface area contributed by atoms with Crippen molar-refractivity contribution >= 4 is 30.3 Å². The summed E-state index contributed by atoms with van der Waals surface area (Å²) < 4.78 is 53.2. The van der Waals surface area contributed by atoms with E-state index in [9.17, 15) is 17.7 Å². The van der Waals surface area contributed by atoms with Gasteiger partial charge >= 0.3 is 65.6 Å². The molecule has 0 aliphatic carbocycles. The molecule has 0 bridgehead atoms. The Balaban J connectivity index is 0.000000289. The van der Waals surface area contributed by atoms with Crippen LogP contribution in [0.1, 0.15) is 0 Å². The number of fused-ring (bicyclic) bond motifs is 1. The molecule has 0 saturated heterocycles. The average molecular weight is 459 g/mol. The molecule has 0 aliphatic rings. The van der Waals surface area contributed by atoms with Crippen LogP contribution in [0, 0.1) is 12.3 Å². The predicted octanol–water partition coefficient (Wildman–Crippen LogP) is 1.55. The first-order valence-corrected chi connectivity index (χ1v) is 8.88. The molecule has 12 heteroatoms. The van der Waals surface area contributed by atoms with E-state index in [1.54, 1.807) is 12.1 Å². The van der Waals surface area contributed by atoms with Crippen LogP contribution in [0.15, 0.2) is 48.5 Å². The van der Waals surface area contributed by atoms with Crippen LogP contribution < -0.4 is 60.6 Å². The van der Waals surface area contributed by atoms with E-state index in [4.69, 9.17) is 21.4 Å². The maximum Gasteiger partial charge on any atom is 1.00 e. The van der Waals surface area contributed by atoms with E-state index in [1.165, 1.54) is 36.4 Å². The quantitative estimate of drug-likeness (QED) is 0.352. The summed E-state index contributed by atoms with van der Waals surface area (Å²) in [5, 5.41) is 0.868. The van der Waals surface area contributed by atoms with Gasteiger partial charge in [0.15, 0.2) is 0 Å². The number of nitrogens with zero attached hydrogens (tertiary/aromatic N) is 1. The third kappa shape index (κ3) is 9.21. The number of benzene rings is 2. The van der Waals surface area contributed by atoms with E-state index in [2.05, 4.69) is 26.5 Å². The molecule has 0 saturated carbocycles. The minimum atomic E-state index is -4.61. The summed E-state index contributed by atoms with van der Waals surface area (Å²) in [6.45, 7) is 0. The van der Waals surface area contributed by atoms with Crippen molar-refractivity contribution in [2.75, 3.05) is 0 Å². The smallest absolute Gasteiger partial charge is 0.432 e. The molecule has 3 rings (SSSR count). The van der Waals surface area contributed by atoms with Crippen LogP contribution in [-0.2, 0) is 4.57 Å². The standard InChI is InChI=1S/C9H6ClNO4P.C7H4F3O.K/c10-8-5-7(15-16(12,13)14)4-6-2-1-3-11-9(6)8;8-7(9,10)11-6-4-2-1-3-5-6;/h1-2,4-5H,(H2,12,13,14);2-5H;/q2*-1;+1. The zero-order chi connectivity index (χ0) is 20.1. The number of hydrogen-bond acceptors (Lipinski definition) is 4. The van der Waals surface area contributed by atoms with E-state index < -0.39 is 14.2 Å². The van der Waals surface area contributed by atoms with Crippen molar-refractivity contribution in [2.24, 2.45) is 0 Å². The molecule has 144 valence electrons. The maximum atomic E-state index is 11.5. The molecule has 1 heterocycles. The molecule has 28 heavy (non-hydrogen) atoms. The Morgan fingerprint density at radius 1 is 1.07 bits per heavy atom. The Morgan fingerprint density at radius 3 is 2.29 bits per heavy atom. The van der Waals surface area contributed by atoms with Gasteiger partial charge < -0.3 is 14.2 Å². The van der Waals surface area contributed by atoms with Crippen LogP contribution in [-0.4, -0.2) is 21.1 Å². The van der Waals surface area contributed by atoms with E-state index in [0.717, 1.165) is 0 Å². The van der Waals surface area contributed by atoms with Crippen LogP contribution >= 0.6 is 19.4 Å². The second kappa shape index (κ2) is 10.9. The predicted molar refractivity (Wildman–Crippen MR) is 90.2 cm³/mol. The Kier molecular flexibility index (Phi) is 9.88. The van der Waals surface area contributed by atoms with Crippen molar-refractivity contribution in [1.82, 2.24) is 4.98 Å². The van der Waals surface area contributed by atoms with E-state index in [0.29, 0.717) is 10.9 Å². The van der Waals surface area contributed by atoms with Crippen LogP contribution in [0.5, 0.6) is 11.5 Å². The number of rotatable bonds is 3. The Hall–Kier alpha value is -0.684. The fraction of sp³-hybridized carbons (Fsp3) is 0.0625. The van der Waals surface area contributed by atoms with E-state index >= 15 is 0 Å². The molecule has 2 aromatic carbocycles. The minimum Gasteiger partial charge on any atom is -0.432 e. The first-order valence-electron chi connectivity index (χ1n) is 6.97. The number of halogens is 4. The molecule has 0 fully saturated rings. The van der Waals surface area contributed by atoms with Gasteiger partial charge in [-0.15, -0.1) is 30.7 Å². The van der Waals surface area contributed by atoms with Crippen molar-refractivity contribution in [3.05, 3.63) is 65.8 Å². The van der Waals surface area contributed by atoms with Gasteiger partial charge in [0.25, 0.3) is 0 Å². The largest absolute Gasteiger partial charge is 1.00 e. The number of phosphoric ester groups is 1. The molecule has 1 aromatic heterocycles. The van der Waals surface area contributed by atoms with Crippen LogP contribution in [0.4, 0.5) is 13.2 Å². The summed E-state index contributed by atoms with van der Waals surface area (Å²) in [5.74, 6) is -0.227. The molecule has 0 spiro atoms. The van der Waals surface area contributed by atoms with Crippen LogP contribution in [0.25, 0.3) is 10.9 Å². The Labute approximate surface area is 205 Å². The van der Waals surface area contributed by atoms with Gasteiger partial charge in [0.2, 0.25) is 0 Å². The van der Waals surface area contributed by atoms with Crippen molar-refractivity contribution in [1.29, 1.82) is 0 Å². The average Bonchev–Trinajstić information content (AvgIpc) is 2.53. The van der Waals surface area contributed by atoms with Crippen molar-refractivity contribution in [3.63, 3.8) is 0 Å². The van der Waals surface area contributed by atoms with Gasteiger partial charge in [-0.25, -0.2) is 4.57 Å². The minimum absolute atomic E-state index is 0. The summed E-state index contributed by atoms with van der Waals surface area (Å²) in [7, 11) is -4.57. The number of pyridine rings is 1. The van der Waals surface area contributed by atoms with Gasteiger partial charge in [-0.3, -0.25) is 9.79 Å². The zero-order valence-corrected chi connectivity index (χ0v) is 18.9. The molecule has 0 amide bonds. The summed E-state index contributed by atoms with van der Waals surface area (Å²) in [5.41, 5.74) is 0.502. The molecule has 0 radical (unpaired) electrons. The monoisotopic (exact) mass is 458 g/mol. The Morgan fingerprint density at radius 2 is 1.71 bits per heavy atom. The number of phosphoric acid groups is 1. The molecule has 0 aliphatic heterocycles. The molecule has 0 atom stereocenters. The fourth-order valence-corrected chi connectivity index (χ4v) is 2.47. The summed E-state index contributed by atoms with van der Waals surface area (Å²) in [4.78, 5) is 21.2. The summed E-state index contributed by atoms with van der Waals surface area (Å²) >= 11 is 5.88. The zero-order valence-electron chi connectivity index (χ0n) is 14.1. The molecular weight excluding hydrogens is 449 g/mol. The summed E-state index contributed by atoms with van der Waals surface area (Å²) in [6, 6.07) is 13.6. The van der Waals surface area contributed by atoms with Gasteiger partial charge in [-0.05, 0) is 17.6 Å². The summed E-state index contributed by atoms with van der Waals surface area (Å²) in [6.07, 6.45) is -1.99. The molecule has 2 N–H and O–H groups in total. The van der Waals surface area contributed by atoms with Gasteiger partial charge in [0, 0.05) is 10.8 Å². The number of aromatic nitrogens is 1. The molecule has 6 nitrogen and oxygen atoms in total. The van der Waals surface area contributed by atoms with Gasteiger partial charge in [0.1, 0.15) is 5.75 Å². The maximum absolute atomic E-state index is 11.5. The number of hydrogen-bond donors (Lipinski definition) is 2. The van der Waals surface area contributed by atoms with Crippen molar-refractivity contribution < 1.29 is 88.2 Å². The SMILES string of the molecule is FC(F)(F)Oc1cc[c-]cc1.O=P(O)(O)Oc1cc(Cl)c2n[c-]ccc2c1.[K+]. The second-order valence-corrected chi connectivity index (χ2v) is 6.35. The third-order valence-corrected chi connectivity index (χ3v) is 3.46. The topological polar surface area (TPSA) is 88.9 Å². The van der Waals surface area contributed by atoms with Gasteiger partial charge in [-0.1, -0.05) is 17.8 Å². The van der Waals surface area contributed by atoms with Crippen molar-refractivity contribution in [3.8, 4) is 11.5 Å². The van der Waals surface area contributed by atoms with Gasteiger partial charge in [0.05, 0.1) is 0 Å². The molecular formula is C16H10ClF3KNO5P-. The number of alkyl halides is 3. The van der Waals surface area contributed by atoms with E-state index in [1.807, 2.05) is 0 Å². The van der Waals surface area contributed by atoms with Crippen molar-refractivity contribution in [2.45, 2.75) is 6.36 Å². The molecule has 3 aromatic rings. The fourth-order valence-electron chi connectivity index (χ4n) is 1.83. The molecule has 0 unspecified atom stereocenters. The number of ether oxygens (including phenoxy) is 1. The van der Waals surface area contributed by atoms with Gasteiger partial charge in [-0.2, -0.15) is 30.3 Å². The second-order valence-electron chi connectivity index (χ2n) is 4.78. The first-order chi connectivity index (χ1) is 12.5. The Bertz CT molecular complexity index is 956. The van der Waals surface area contributed by atoms with Crippen LogP contribution in [0.2, 0.25) is 5.02 Å². The normalized spacial score (nSPS) is 11.1. The van der Waals surface area contributed by atoms with Crippen LogP contribution in [0.3, 0.4) is 0 Å².